The Morgan fingerprint density at radius 1 is 1.14 bits per heavy atom. The second-order valence-corrected chi connectivity index (χ2v) is 12.0. The molecule has 1 aromatic rings. The van der Waals surface area contributed by atoms with Crippen LogP contribution in [0.2, 0.25) is 0 Å². The number of aromatic nitrogens is 3. The Hall–Kier alpha value is -3.30. The van der Waals surface area contributed by atoms with Crippen molar-refractivity contribution in [1.82, 2.24) is 30.5 Å². The molecular formula is C27H46N8O7. The predicted molar refractivity (Wildman–Crippen MR) is 151 cm³/mol. The number of likely N-dealkylation sites (tertiary alicyclic amines) is 1. The van der Waals surface area contributed by atoms with Gasteiger partial charge in [-0.15, -0.1) is 5.10 Å². The smallest absolute Gasteiger partial charge is 0.405 e. The molecule has 3 rings (SSSR count). The van der Waals surface area contributed by atoms with Gasteiger partial charge in [-0.05, 0) is 45.6 Å². The highest BCUT2D eigenvalue weighted by molar-refractivity contribution is 5.92. The lowest BCUT2D eigenvalue weighted by atomic mass is 9.84. The Kier molecular flexibility index (Phi) is 11.7. The molecular weight excluding hydrogens is 548 g/mol. The second-order valence-electron chi connectivity index (χ2n) is 12.0. The number of amides is 4. The Morgan fingerprint density at radius 2 is 1.83 bits per heavy atom. The fourth-order valence-corrected chi connectivity index (χ4v) is 6.06. The summed E-state index contributed by atoms with van der Waals surface area (Å²) in [5.74, 6) is -2.01. The van der Waals surface area contributed by atoms with Crippen molar-refractivity contribution in [2.24, 2.45) is 17.4 Å². The number of hydrogen-bond donors (Lipinski definition) is 7. The zero-order valence-corrected chi connectivity index (χ0v) is 24.4. The quantitative estimate of drug-likeness (QED) is 0.139. The fraction of sp³-hybridized carbons (Fsp3) is 0.778. The van der Waals surface area contributed by atoms with Crippen molar-refractivity contribution in [2.75, 3.05) is 13.1 Å². The van der Waals surface area contributed by atoms with Gasteiger partial charge in [0.05, 0.1) is 24.0 Å². The number of rotatable bonds is 14. The summed E-state index contributed by atoms with van der Waals surface area (Å²) in [5, 5.41) is 43.7. The SMILES string of the molecule is CC(C)(O)c1cnnn1[C@H]1C[C@@H](C(=O)NC(CCCCN)C(O)C(N)=O)N(C(=O)[C@@H](CC2CCCCC2)NC(=O)O)C1. The molecule has 2 aliphatic rings. The van der Waals surface area contributed by atoms with Gasteiger partial charge < -0.3 is 42.3 Å². The molecule has 15 heteroatoms. The number of nitrogens with two attached hydrogens (primary N) is 2. The van der Waals surface area contributed by atoms with Crippen molar-refractivity contribution in [1.29, 1.82) is 0 Å². The number of primary amides is 1. The summed E-state index contributed by atoms with van der Waals surface area (Å²) in [7, 11) is 0. The molecule has 1 aliphatic heterocycles. The minimum Gasteiger partial charge on any atom is -0.465 e. The van der Waals surface area contributed by atoms with Gasteiger partial charge in [-0.25, -0.2) is 9.48 Å². The summed E-state index contributed by atoms with van der Waals surface area (Å²) in [6.45, 7) is 3.53. The molecule has 2 fully saturated rings. The molecule has 4 amide bonds. The van der Waals surface area contributed by atoms with E-state index >= 15 is 0 Å². The first-order valence-corrected chi connectivity index (χ1v) is 14.7. The van der Waals surface area contributed by atoms with Gasteiger partial charge >= 0.3 is 6.09 Å². The highest BCUT2D eigenvalue weighted by Crippen LogP contribution is 2.33. The van der Waals surface area contributed by atoms with Gasteiger partial charge in [0, 0.05) is 13.0 Å². The molecule has 2 unspecified atom stereocenters. The number of unbranched alkanes of at least 4 members (excludes halogenated alkanes) is 1. The Balaban J connectivity index is 1.92. The normalized spacial score (nSPS) is 21.9. The Labute approximate surface area is 245 Å². The van der Waals surface area contributed by atoms with Gasteiger partial charge in [0.1, 0.15) is 17.7 Å². The van der Waals surface area contributed by atoms with Crippen LogP contribution in [0.4, 0.5) is 4.79 Å². The number of carbonyl (C=O) groups excluding carboxylic acids is 3. The molecule has 5 atom stereocenters. The minimum atomic E-state index is -1.65. The van der Waals surface area contributed by atoms with Crippen LogP contribution in [0.5, 0.6) is 0 Å². The van der Waals surface area contributed by atoms with Gasteiger partial charge in [0.2, 0.25) is 17.7 Å². The summed E-state index contributed by atoms with van der Waals surface area (Å²) < 4.78 is 1.48. The predicted octanol–water partition coefficient (Wildman–Crippen LogP) is -0.286. The van der Waals surface area contributed by atoms with Crippen molar-refractivity contribution in [2.45, 2.75) is 114 Å². The van der Waals surface area contributed by atoms with Crippen molar-refractivity contribution in [3.8, 4) is 0 Å². The molecule has 1 aromatic heterocycles. The van der Waals surface area contributed by atoms with Crippen LogP contribution in [0, 0.1) is 5.92 Å². The maximum Gasteiger partial charge on any atom is 0.405 e. The number of carbonyl (C=O) groups is 4. The molecule has 1 saturated heterocycles. The van der Waals surface area contributed by atoms with Gasteiger partial charge in [0.25, 0.3) is 0 Å². The van der Waals surface area contributed by atoms with E-state index in [0.717, 1.165) is 32.1 Å². The van der Waals surface area contributed by atoms with Crippen LogP contribution in [0.25, 0.3) is 0 Å². The number of aliphatic hydroxyl groups is 2. The van der Waals surface area contributed by atoms with E-state index < -0.39 is 59.7 Å². The molecule has 0 radical (unpaired) electrons. The third-order valence-electron chi connectivity index (χ3n) is 8.27. The molecule has 2 heterocycles. The Bertz CT molecular complexity index is 1080. The van der Waals surface area contributed by atoms with E-state index in [1.807, 2.05) is 0 Å². The molecule has 236 valence electrons. The van der Waals surface area contributed by atoms with Crippen LogP contribution in [0.1, 0.15) is 89.8 Å². The van der Waals surface area contributed by atoms with E-state index in [1.54, 1.807) is 13.8 Å². The average molecular weight is 595 g/mol. The lowest BCUT2D eigenvalue weighted by Gasteiger charge is -2.32. The van der Waals surface area contributed by atoms with Crippen LogP contribution in [0.3, 0.4) is 0 Å². The van der Waals surface area contributed by atoms with Crippen molar-refractivity contribution in [3.63, 3.8) is 0 Å². The van der Waals surface area contributed by atoms with Crippen molar-refractivity contribution in [3.05, 3.63) is 11.9 Å². The van der Waals surface area contributed by atoms with Crippen molar-refractivity contribution >= 4 is 23.8 Å². The molecule has 42 heavy (non-hydrogen) atoms. The summed E-state index contributed by atoms with van der Waals surface area (Å²) in [5.41, 5.74) is 9.97. The van der Waals surface area contributed by atoms with Crippen LogP contribution >= 0.6 is 0 Å². The summed E-state index contributed by atoms with van der Waals surface area (Å²) in [6.07, 6.45) is 5.04. The fourth-order valence-electron chi connectivity index (χ4n) is 6.06. The highest BCUT2D eigenvalue weighted by atomic mass is 16.4. The Morgan fingerprint density at radius 3 is 2.43 bits per heavy atom. The van der Waals surface area contributed by atoms with Crippen LogP contribution in [0.15, 0.2) is 6.20 Å². The summed E-state index contributed by atoms with van der Waals surface area (Å²) >= 11 is 0. The lowest BCUT2D eigenvalue weighted by Crippen LogP contribution is -2.57. The van der Waals surface area contributed by atoms with E-state index in [9.17, 15) is 34.5 Å². The third kappa shape index (κ3) is 8.61. The third-order valence-corrected chi connectivity index (χ3v) is 8.27. The number of hydrogen-bond acceptors (Lipinski definition) is 9. The summed E-state index contributed by atoms with van der Waals surface area (Å²) in [4.78, 5) is 52.6. The topological polar surface area (TPSA) is 239 Å². The molecule has 15 nitrogen and oxygen atoms in total. The van der Waals surface area contributed by atoms with Crippen molar-refractivity contribution < 1.29 is 34.5 Å². The standard InChI is InChI=1S/C27H46N8O7/c1-27(2,42)21-14-30-33-35(21)17-13-20(24(38)31-18(10-6-7-11-28)22(36)23(29)37)34(15-17)25(39)19(32-26(40)41)12-16-8-4-3-5-9-16/h14,16-20,22,32,36,42H,3-13,15,28H2,1-2H3,(H2,29,37)(H,31,38)(H,40,41)/t17-,18?,19+,20-,22?/m0/s1. The number of carboxylic acid groups (broad SMARTS) is 1. The lowest BCUT2D eigenvalue weighted by molar-refractivity contribution is -0.141. The molecule has 0 bridgehead atoms. The number of nitrogens with one attached hydrogen (secondary N) is 2. The first-order chi connectivity index (χ1) is 19.8. The van der Waals surface area contributed by atoms with Crippen LogP contribution in [-0.4, -0.2) is 96.3 Å². The largest absolute Gasteiger partial charge is 0.465 e. The molecule has 1 aliphatic carbocycles. The molecule has 0 aromatic carbocycles. The zero-order valence-electron chi connectivity index (χ0n) is 24.4. The second kappa shape index (κ2) is 14.7. The van der Waals surface area contributed by atoms with Crippen LogP contribution in [-0.2, 0) is 20.0 Å². The van der Waals surface area contributed by atoms with E-state index in [1.165, 1.54) is 15.8 Å². The van der Waals surface area contributed by atoms with Gasteiger partial charge in [-0.3, -0.25) is 14.4 Å². The zero-order chi connectivity index (χ0) is 31.0. The van der Waals surface area contributed by atoms with E-state index in [2.05, 4.69) is 20.9 Å². The van der Waals surface area contributed by atoms with Crippen LogP contribution < -0.4 is 22.1 Å². The average Bonchev–Trinajstić information content (AvgIpc) is 3.59. The maximum absolute atomic E-state index is 14.0. The minimum absolute atomic E-state index is 0.00202. The number of aliphatic hydroxyl groups excluding tert-OH is 1. The van der Waals surface area contributed by atoms with E-state index in [0.29, 0.717) is 31.5 Å². The molecule has 9 N–H and O–H groups in total. The first kappa shape index (κ1) is 33.2. The monoisotopic (exact) mass is 594 g/mol. The first-order valence-electron chi connectivity index (χ1n) is 14.7. The molecule has 1 saturated carbocycles. The van der Waals surface area contributed by atoms with E-state index in [-0.39, 0.29) is 25.3 Å². The molecule has 0 spiro atoms. The van der Waals surface area contributed by atoms with Gasteiger partial charge in [-0.2, -0.15) is 0 Å². The van der Waals surface area contributed by atoms with Gasteiger partial charge in [0.15, 0.2) is 6.10 Å². The maximum atomic E-state index is 14.0. The van der Waals surface area contributed by atoms with E-state index in [4.69, 9.17) is 11.5 Å². The number of nitrogens with zero attached hydrogens (tertiary/aromatic N) is 4. The summed E-state index contributed by atoms with van der Waals surface area (Å²) in [6, 6.07) is -3.72. The van der Waals surface area contributed by atoms with Gasteiger partial charge in [-0.1, -0.05) is 43.7 Å². The highest BCUT2D eigenvalue weighted by Gasteiger charge is 2.45.